The number of carbonyl (C=O) groups excluding carboxylic acids is 3. The molecule has 0 radical (unpaired) electrons. The van der Waals surface area contributed by atoms with Crippen molar-refractivity contribution in [2.24, 2.45) is 11.1 Å². The van der Waals surface area contributed by atoms with E-state index in [1.807, 2.05) is 0 Å². The summed E-state index contributed by atoms with van der Waals surface area (Å²) in [5.41, 5.74) is 2.30. The van der Waals surface area contributed by atoms with Crippen LogP contribution in [0.15, 0.2) is 18.2 Å². The lowest BCUT2D eigenvalue weighted by molar-refractivity contribution is -0.141. The highest BCUT2D eigenvalue weighted by Crippen LogP contribution is 2.41. The summed E-state index contributed by atoms with van der Waals surface area (Å²) < 4.78 is 24.5. The van der Waals surface area contributed by atoms with Crippen molar-refractivity contribution < 1.29 is 33.4 Å². The zero-order valence-electron chi connectivity index (χ0n) is 20.2. The smallest absolute Gasteiger partial charge is 0.408 e. The Morgan fingerprint density at radius 3 is 2.33 bits per heavy atom. The maximum Gasteiger partial charge on any atom is 0.408 e. The van der Waals surface area contributed by atoms with Gasteiger partial charge < -0.3 is 30.5 Å². The average molecular weight is 468 g/mol. The summed E-state index contributed by atoms with van der Waals surface area (Å²) in [7, 11) is 1.37. The number of aliphatic hydroxyl groups is 1. The molecule has 10 heteroatoms. The number of hydrogen-bond donors (Lipinski definition) is 3. The number of primary amides is 1. The summed E-state index contributed by atoms with van der Waals surface area (Å²) in [6.07, 6.45) is -1.05. The van der Waals surface area contributed by atoms with E-state index in [0.29, 0.717) is 0 Å². The number of methoxy groups -OCH3 is 1. The van der Waals surface area contributed by atoms with E-state index in [1.54, 1.807) is 41.5 Å². The first-order valence-electron chi connectivity index (χ1n) is 10.6. The van der Waals surface area contributed by atoms with Crippen LogP contribution in [-0.4, -0.2) is 59.3 Å². The fraction of sp³-hybridized carbons (Fsp3) is 0.609. The third kappa shape index (κ3) is 6.13. The van der Waals surface area contributed by atoms with Crippen LogP contribution in [0.1, 0.15) is 53.5 Å². The number of ether oxygens (including phenoxy) is 2. The van der Waals surface area contributed by atoms with Crippen LogP contribution in [0.4, 0.5) is 9.18 Å². The SMILES string of the molecule is COc1ccc(F)cc1[C@]1(O)C[C@@H](C(N)=O)N(C(=O)[C@@H](NC(=O)OC(C)(C)C)C(C)(C)C)C1. The molecular weight excluding hydrogens is 433 g/mol. The number of hydrogen-bond acceptors (Lipinski definition) is 6. The molecule has 33 heavy (non-hydrogen) atoms. The number of β-amino-alcohol motifs (C(OH)–C–C–N with tert-alkyl or cyclic N) is 1. The highest BCUT2D eigenvalue weighted by Gasteiger charge is 2.52. The molecule has 1 aromatic carbocycles. The Kier molecular flexibility index (Phi) is 7.33. The number of carbonyl (C=O) groups is 3. The molecule has 1 aliphatic heterocycles. The zero-order chi connectivity index (χ0) is 25.4. The summed E-state index contributed by atoms with van der Waals surface area (Å²) in [4.78, 5) is 39.4. The van der Waals surface area contributed by atoms with Gasteiger partial charge in [-0.1, -0.05) is 20.8 Å². The number of benzene rings is 1. The molecule has 1 aromatic rings. The highest BCUT2D eigenvalue weighted by molar-refractivity contribution is 5.92. The fourth-order valence-corrected chi connectivity index (χ4v) is 3.85. The summed E-state index contributed by atoms with van der Waals surface area (Å²) in [5.74, 6) is -1.86. The Morgan fingerprint density at radius 1 is 1.24 bits per heavy atom. The lowest BCUT2D eigenvalue weighted by atomic mass is 9.85. The fourth-order valence-electron chi connectivity index (χ4n) is 3.85. The largest absolute Gasteiger partial charge is 0.496 e. The summed E-state index contributed by atoms with van der Waals surface area (Å²) in [5, 5.41) is 14.0. The Morgan fingerprint density at radius 2 is 1.85 bits per heavy atom. The van der Waals surface area contributed by atoms with E-state index in [1.165, 1.54) is 19.2 Å². The molecule has 2 rings (SSSR count). The molecule has 1 saturated heterocycles. The number of amides is 3. The van der Waals surface area contributed by atoms with Gasteiger partial charge in [0.1, 0.15) is 34.9 Å². The van der Waals surface area contributed by atoms with Crippen molar-refractivity contribution in [2.75, 3.05) is 13.7 Å². The quantitative estimate of drug-likeness (QED) is 0.607. The Balaban J connectivity index is 2.43. The molecule has 0 spiro atoms. The van der Waals surface area contributed by atoms with Crippen LogP contribution < -0.4 is 15.8 Å². The Labute approximate surface area is 193 Å². The Hall–Kier alpha value is -2.88. The van der Waals surface area contributed by atoms with Gasteiger partial charge in [0.2, 0.25) is 11.8 Å². The van der Waals surface area contributed by atoms with E-state index < -0.39 is 52.4 Å². The molecule has 0 unspecified atom stereocenters. The molecule has 0 aliphatic carbocycles. The molecule has 3 atom stereocenters. The van der Waals surface area contributed by atoms with Crippen LogP contribution in [-0.2, 0) is 19.9 Å². The molecule has 0 saturated carbocycles. The van der Waals surface area contributed by atoms with Crippen molar-refractivity contribution in [2.45, 2.75) is 71.2 Å². The molecule has 3 amide bonds. The van der Waals surface area contributed by atoms with Gasteiger partial charge in [-0.3, -0.25) is 9.59 Å². The first-order valence-corrected chi connectivity index (χ1v) is 10.6. The van der Waals surface area contributed by atoms with E-state index in [9.17, 15) is 23.9 Å². The maximum absolute atomic E-state index is 14.0. The van der Waals surface area contributed by atoms with E-state index in [-0.39, 0.29) is 24.3 Å². The van der Waals surface area contributed by atoms with Crippen molar-refractivity contribution in [3.8, 4) is 5.75 Å². The van der Waals surface area contributed by atoms with E-state index in [0.717, 1.165) is 11.0 Å². The zero-order valence-corrected chi connectivity index (χ0v) is 20.2. The second-order valence-electron chi connectivity index (χ2n) is 10.4. The minimum absolute atomic E-state index is 0.0963. The normalized spacial score (nSPS) is 22.0. The molecule has 1 fully saturated rings. The first kappa shape index (κ1) is 26.4. The van der Waals surface area contributed by atoms with Gasteiger partial charge in [0, 0.05) is 12.0 Å². The van der Waals surface area contributed by atoms with Gasteiger partial charge in [-0.25, -0.2) is 9.18 Å². The van der Waals surface area contributed by atoms with Crippen molar-refractivity contribution in [1.29, 1.82) is 0 Å². The molecule has 9 nitrogen and oxygen atoms in total. The third-order valence-corrected chi connectivity index (χ3v) is 5.39. The highest BCUT2D eigenvalue weighted by atomic mass is 19.1. The van der Waals surface area contributed by atoms with E-state index >= 15 is 0 Å². The van der Waals surface area contributed by atoms with Gasteiger partial charge in [0.25, 0.3) is 0 Å². The number of halogens is 1. The van der Waals surface area contributed by atoms with Crippen molar-refractivity contribution >= 4 is 17.9 Å². The van der Waals surface area contributed by atoms with Crippen LogP contribution >= 0.6 is 0 Å². The van der Waals surface area contributed by atoms with Crippen molar-refractivity contribution in [3.63, 3.8) is 0 Å². The van der Waals surface area contributed by atoms with Crippen LogP contribution in [0, 0.1) is 11.2 Å². The summed E-state index contributed by atoms with van der Waals surface area (Å²) in [6, 6.07) is 1.36. The van der Waals surface area contributed by atoms with Gasteiger partial charge >= 0.3 is 6.09 Å². The van der Waals surface area contributed by atoms with Crippen molar-refractivity contribution in [1.82, 2.24) is 10.2 Å². The molecule has 184 valence electrons. The topological polar surface area (TPSA) is 131 Å². The molecule has 4 N–H and O–H groups in total. The molecular formula is C23H34FN3O6. The van der Waals surface area contributed by atoms with Crippen LogP contribution in [0.2, 0.25) is 0 Å². The molecule has 0 bridgehead atoms. The monoisotopic (exact) mass is 467 g/mol. The summed E-state index contributed by atoms with van der Waals surface area (Å²) >= 11 is 0. The van der Waals surface area contributed by atoms with Crippen molar-refractivity contribution in [3.05, 3.63) is 29.6 Å². The van der Waals surface area contributed by atoms with Crippen LogP contribution in [0.5, 0.6) is 5.75 Å². The van der Waals surface area contributed by atoms with Crippen LogP contribution in [0.3, 0.4) is 0 Å². The van der Waals surface area contributed by atoms with Gasteiger partial charge in [-0.15, -0.1) is 0 Å². The lowest BCUT2D eigenvalue weighted by Crippen LogP contribution is -2.58. The number of nitrogens with zero attached hydrogens (tertiary/aromatic N) is 1. The number of nitrogens with two attached hydrogens (primary N) is 1. The van der Waals surface area contributed by atoms with E-state index in [2.05, 4.69) is 5.32 Å². The van der Waals surface area contributed by atoms with Gasteiger partial charge in [0.05, 0.1) is 13.7 Å². The number of rotatable bonds is 5. The number of alkyl carbamates (subject to hydrolysis) is 1. The van der Waals surface area contributed by atoms with Gasteiger partial charge in [-0.2, -0.15) is 0 Å². The molecule has 1 heterocycles. The minimum Gasteiger partial charge on any atom is -0.496 e. The summed E-state index contributed by atoms with van der Waals surface area (Å²) in [6.45, 7) is 9.95. The standard InChI is InChI=1S/C23H34FN3O6/c1-21(2,3)17(26-20(30)33-22(4,5)6)19(29)27-12-23(31,11-15(27)18(25)28)14-10-13(24)8-9-16(14)32-7/h8-10,15,17,31H,11-12H2,1-7H3,(H2,25,28)(H,26,30)/t15-,17+,23-/m0/s1. The minimum atomic E-state index is -1.79. The lowest BCUT2D eigenvalue weighted by Gasteiger charge is -2.35. The molecule has 1 aliphatic rings. The number of likely N-dealkylation sites (tertiary alicyclic amines) is 1. The second kappa shape index (κ2) is 9.17. The maximum atomic E-state index is 14.0. The third-order valence-electron chi connectivity index (χ3n) is 5.39. The predicted octanol–water partition coefficient (Wildman–Crippen LogP) is 2.05. The average Bonchev–Trinajstić information content (AvgIpc) is 3.02. The van der Waals surface area contributed by atoms with E-state index in [4.69, 9.17) is 15.2 Å². The second-order valence-corrected chi connectivity index (χ2v) is 10.4. The predicted molar refractivity (Wildman–Crippen MR) is 119 cm³/mol. The van der Waals surface area contributed by atoms with Crippen LogP contribution in [0.25, 0.3) is 0 Å². The Bertz CT molecular complexity index is 924. The number of nitrogens with one attached hydrogen (secondary N) is 1. The first-order chi connectivity index (χ1) is 15.0. The van der Waals surface area contributed by atoms with Gasteiger partial charge in [0.15, 0.2) is 0 Å². The molecule has 0 aromatic heterocycles. The van der Waals surface area contributed by atoms with Gasteiger partial charge in [-0.05, 0) is 44.4 Å².